The Labute approximate surface area is 130 Å². The van der Waals surface area contributed by atoms with E-state index in [-0.39, 0.29) is 5.54 Å². The first-order chi connectivity index (χ1) is 10.6. The number of morpholine rings is 1. The van der Waals surface area contributed by atoms with Gasteiger partial charge in [-0.05, 0) is 38.1 Å². The van der Waals surface area contributed by atoms with E-state index in [1.165, 1.54) is 0 Å². The first-order valence-corrected chi connectivity index (χ1v) is 7.50. The standard InChI is InChI=1S/C17H22N2O3/c1-17(2)12-21-9-8-19(17)10-14-11-22-16(18-14)13-4-6-15(20-3)7-5-13/h4-7,11H,8-10,12H2,1-3H3. The third-order valence-corrected chi connectivity index (χ3v) is 4.06. The molecule has 2 aromatic rings. The van der Waals surface area contributed by atoms with E-state index in [9.17, 15) is 0 Å². The van der Waals surface area contributed by atoms with E-state index in [1.807, 2.05) is 24.3 Å². The minimum absolute atomic E-state index is 0.0253. The third-order valence-electron chi connectivity index (χ3n) is 4.06. The van der Waals surface area contributed by atoms with E-state index in [0.717, 1.165) is 43.3 Å². The minimum Gasteiger partial charge on any atom is -0.497 e. The molecule has 2 heterocycles. The number of ether oxygens (including phenoxy) is 2. The molecule has 1 fully saturated rings. The molecule has 0 radical (unpaired) electrons. The van der Waals surface area contributed by atoms with Gasteiger partial charge >= 0.3 is 0 Å². The lowest BCUT2D eigenvalue weighted by Crippen LogP contribution is -2.52. The molecule has 22 heavy (non-hydrogen) atoms. The number of oxazole rings is 1. The fraction of sp³-hybridized carbons (Fsp3) is 0.471. The maximum atomic E-state index is 5.62. The number of hydrogen-bond acceptors (Lipinski definition) is 5. The summed E-state index contributed by atoms with van der Waals surface area (Å²) in [6.07, 6.45) is 1.74. The Bertz CT molecular complexity index is 619. The van der Waals surface area contributed by atoms with Crippen molar-refractivity contribution < 1.29 is 13.9 Å². The Morgan fingerprint density at radius 1 is 1.27 bits per heavy atom. The highest BCUT2D eigenvalue weighted by atomic mass is 16.5. The molecule has 0 spiro atoms. The maximum Gasteiger partial charge on any atom is 0.226 e. The molecule has 1 aromatic carbocycles. The summed E-state index contributed by atoms with van der Waals surface area (Å²) >= 11 is 0. The molecule has 0 unspecified atom stereocenters. The SMILES string of the molecule is COc1ccc(-c2nc(CN3CCOCC3(C)C)co2)cc1. The second-order valence-electron chi connectivity index (χ2n) is 6.16. The van der Waals surface area contributed by atoms with Crippen molar-refractivity contribution >= 4 is 0 Å². The van der Waals surface area contributed by atoms with Crippen LogP contribution in [0.5, 0.6) is 5.75 Å². The van der Waals surface area contributed by atoms with Gasteiger partial charge in [-0.15, -0.1) is 0 Å². The van der Waals surface area contributed by atoms with Crippen LogP contribution in [0.4, 0.5) is 0 Å². The molecule has 5 nitrogen and oxygen atoms in total. The lowest BCUT2D eigenvalue weighted by molar-refractivity contribution is -0.0557. The van der Waals surface area contributed by atoms with Crippen LogP contribution in [0.15, 0.2) is 34.9 Å². The van der Waals surface area contributed by atoms with Crippen molar-refractivity contribution in [1.29, 1.82) is 0 Å². The van der Waals surface area contributed by atoms with Gasteiger partial charge < -0.3 is 13.9 Å². The highest BCUT2D eigenvalue weighted by Crippen LogP contribution is 2.25. The van der Waals surface area contributed by atoms with Gasteiger partial charge in [0.2, 0.25) is 5.89 Å². The summed E-state index contributed by atoms with van der Waals surface area (Å²) in [6, 6.07) is 7.72. The fourth-order valence-corrected chi connectivity index (χ4v) is 2.63. The van der Waals surface area contributed by atoms with Gasteiger partial charge in [-0.2, -0.15) is 0 Å². The quantitative estimate of drug-likeness (QED) is 0.869. The molecule has 0 amide bonds. The smallest absolute Gasteiger partial charge is 0.226 e. The van der Waals surface area contributed by atoms with Crippen LogP contribution in [0.25, 0.3) is 11.5 Å². The Hall–Kier alpha value is -1.85. The summed E-state index contributed by atoms with van der Waals surface area (Å²) in [5, 5.41) is 0. The van der Waals surface area contributed by atoms with Crippen molar-refractivity contribution in [1.82, 2.24) is 9.88 Å². The number of hydrogen-bond donors (Lipinski definition) is 0. The molecule has 1 aliphatic heterocycles. The zero-order valence-corrected chi connectivity index (χ0v) is 13.3. The molecule has 1 aromatic heterocycles. The van der Waals surface area contributed by atoms with Crippen LogP contribution in [0.1, 0.15) is 19.5 Å². The molecule has 0 N–H and O–H groups in total. The van der Waals surface area contributed by atoms with Crippen molar-refractivity contribution in [2.24, 2.45) is 0 Å². The number of rotatable bonds is 4. The van der Waals surface area contributed by atoms with Crippen LogP contribution < -0.4 is 4.74 Å². The van der Waals surface area contributed by atoms with Crippen molar-refractivity contribution in [3.05, 3.63) is 36.2 Å². The zero-order chi connectivity index (χ0) is 15.6. The van der Waals surface area contributed by atoms with Gasteiger partial charge in [0, 0.05) is 24.2 Å². The molecular formula is C17H22N2O3. The topological polar surface area (TPSA) is 47.7 Å². The Balaban J connectivity index is 1.73. The largest absolute Gasteiger partial charge is 0.497 e. The average molecular weight is 302 g/mol. The molecule has 118 valence electrons. The fourth-order valence-electron chi connectivity index (χ4n) is 2.63. The molecule has 5 heteroatoms. The molecular weight excluding hydrogens is 280 g/mol. The third kappa shape index (κ3) is 3.15. The van der Waals surface area contributed by atoms with Crippen molar-refractivity contribution in [2.45, 2.75) is 25.9 Å². The highest BCUT2D eigenvalue weighted by molar-refractivity contribution is 5.54. The van der Waals surface area contributed by atoms with E-state index < -0.39 is 0 Å². The maximum absolute atomic E-state index is 5.62. The van der Waals surface area contributed by atoms with Gasteiger partial charge in [0.05, 0.1) is 26.0 Å². The number of nitrogens with zero attached hydrogens (tertiary/aromatic N) is 2. The summed E-state index contributed by atoms with van der Waals surface area (Å²) in [5.41, 5.74) is 1.92. The first-order valence-electron chi connectivity index (χ1n) is 7.50. The second kappa shape index (κ2) is 6.10. The molecule has 0 atom stereocenters. The Morgan fingerprint density at radius 2 is 2.05 bits per heavy atom. The summed E-state index contributed by atoms with van der Waals surface area (Å²) in [6.45, 7) is 7.59. The zero-order valence-electron chi connectivity index (χ0n) is 13.3. The monoisotopic (exact) mass is 302 g/mol. The van der Waals surface area contributed by atoms with E-state index >= 15 is 0 Å². The lowest BCUT2D eigenvalue weighted by atomic mass is 10.0. The Morgan fingerprint density at radius 3 is 2.73 bits per heavy atom. The van der Waals surface area contributed by atoms with Crippen LogP contribution in [0, 0.1) is 0 Å². The van der Waals surface area contributed by atoms with Gasteiger partial charge in [0.15, 0.2) is 0 Å². The lowest BCUT2D eigenvalue weighted by Gasteiger charge is -2.41. The van der Waals surface area contributed by atoms with E-state index in [4.69, 9.17) is 13.9 Å². The van der Waals surface area contributed by atoms with E-state index in [0.29, 0.717) is 5.89 Å². The molecule has 1 saturated heterocycles. The van der Waals surface area contributed by atoms with Crippen molar-refractivity contribution in [2.75, 3.05) is 26.9 Å². The number of benzene rings is 1. The number of methoxy groups -OCH3 is 1. The van der Waals surface area contributed by atoms with E-state index in [2.05, 4.69) is 23.7 Å². The molecule has 0 saturated carbocycles. The van der Waals surface area contributed by atoms with Crippen LogP contribution in [0.3, 0.4) is 0 Å². The summed E-state index contributed by atoms with van der Waals surface area (Å²) < 4.78 is 16.3. The van der Waals surface area contributed by atoms with Gasteiger partial charge in [0.1, 0.15) is 12.0 Å². The van der Waals surface area contributed by atoms with Crippen LogP contribution in [0.2, 0.25) is 0 Å². The molecule has 0 aliphatic carbocycles. The van der Waals surface area contributed by atoms with Crippen LogP contribution in [-0.2, 0) is 11.3 Å². The molecule has 0 bridgehead atoms. The van der Waals surface area contributed by atoms with Crippen LogP contribution in [-0.4, -0.2) is 42.3 Å². The first kappa shape index (κ1) is 15.1. The predicted octanol–water partition coefficient (Wildman–Crippen LogP) is 2.96. The van der Waals surface area contributed by atoms with Gasteiger partial charge in [0.25, 0.3) is 0 Å². The molecule has 1 aliphatic rings. The summed E-state index contributed by atoms with van der Waals surface area (Å²) in [5.74, 6) is 1.47. The van der Waals surface area contributed by atoms with E-state index in [1.54, 1.807) is 13.4 Å². The minimum atomic E-state index is 0.0253. The van der Waals surface area contributed by atoms with Gasteiger partial charge in [-0.25, -0.2) is 4.98 Å². The van der Waals surface area contributed by atoms with Crippen LogP contribution >= 0.6 is 0 Å². The predicted molar refractivity (Wildman–Crippen MR) is 83.8 cm³/mol. The normalized spacial score (nSPS) is 18.3. The number of aromatic nitrogens is 1. The van der Waals surface area contributed by atoms with Crippen molar-refractivity contribution in [3.8, 4) is 17.2 Å². The second-order valence-corrected chi connectivity index (χ2v) is 6.16. The summed E-state index contributed by atoms with van der Waals surface area (Å²) in [7, 11) is 1.66. The van der Waals surface area contributed by atoms with Crippen molar-refractivity contribution in [3.63, 3.8) is 0 Å². The Kier molecular flexibility index (Phi) is 4.18. The molecule has 3 rings (SSSR count). The van der Waals surface area contributed by atoms with Gasteiger partial charge in [-0.1, -0.05) is 0 Å². The van der Waals surface area contributed by atoms with Gasteiger partial charge in [-0.3, -0.25) is 4.90 Å². The summed E-state index contributed by atoms with van der Waals surface area (Å²) in [4.78, 5) is 6.99. The average Bonchev–Trinajstić information content (AvgIpc) is 2.98. The highest BCUT2D eigenvalue weighted by Gasteiger charge is 2.31.